The first-order valence-electron chi connectivity index (χ1n) is 16.3. The number of amides is 2. The molecule has 3 aliphatic heterocycles. The monoisotopic (exact) mass is 730 g/mol. The number of allylic oxidation sites excluding steroid dienone is 3. The molecule has 2 saturated heterocycles. The zero-order chi connectivity index (χ0) is 37.2. The van der Waals surface area contributed by atoms with Crippen LogP contribution in [0.2, 0.25) is 5.02 Å². The molecule has 1 unspecified atom stereocenters. The molecule has 3 heterocycles. The lowest BCUT2D eigenvalue weighted by Gasteiger charge is -2.44. The number of ether oxygens (including phenoxy) is 5. The van der Waals surface area contributed by atoms with Crippen molar-refractivity contribution in [1.82, 2.24) is 5.32 Å². The number of hydrogen-bond acceptors (Lipinski definition) is 12. The van der Waals surface area contributed by atoms with Crippen LogP contribution in [0.1, 0.15) is 39.2 Å². The fraction of sp³-hybridized carbons (Fsp3) is 0.486. The molecule has 0 spiro atoms. The number of nitro benzene ring substituents is 1. The van der Waals surface area contributed by atoms with Crippen molar-refractivity contribution < 1.29 is 48.4 Å². The standard InChI is InChI=1S/C35H43ClN4O11/c1-19-8-7-9-27(48-6)35(44)18-26(49-33(43)38-35)20(2)31-34(3,51-31)28(50-32(42)37-22-10-12-23(13-11-22)40(45)46)17-29(41)39(4)24-15-21(14-19)16-25(47-5)30(24)36/h7-13,15-16,20,26-28,31,33,38,43-44H,14,17-18H2,1-6H3,(H,37,42)/b9-7+,19-8+/t20-,26+,27-,28+,31+,33?,34+,35+/m1/s1. The zero-order valence-corrected chi connectivity index (χ0v) is 29.9. The number of carbonyl (C=O) groups excluding carboxylic acids is 2. The summed E-state index contributed by atoms with van der Waals surface area (Å²) in [5.74, 6) is -0.583. The first-order chi connectivity index (χ1) is 24.1. The highest BCUT2D eigenvalue weighted by Gasteiger charge is 2.64. The Morgan fingerprint density at radius 2 is 1.94 bits per heavy atom. The molecule has 2 aromatic carbocycles. The van der Waals surface area contributed by atoms with Gasteiger partial charge in [0.25, 0.3) is 5.69 Å². The number of carbonyl (C=O) groups is 2. The molecular weight excluding hydrogens is 688 g/mol. The smallest absolute Gasteiger partial charge is 0.412 e. The number of fused-ring (bicyclic) bond motifs is 5. The van der Waals surface area contributed by atoms with Gasteiger partial charge in [0.1, 0.15) is 28.6 Å². The average Bonchev–Trinajstić information content (AvgIpc) is 3.77. The van der Waals surface area contributed by atoms with Crippen LogP contribution >= 0.6 is 11.6 Å². The molecule has 2 fully saturated rings. The minimum absolute atomic E-state index is 0.00926. The predicted octanol–water partition coefficient (Wildman–Crippen LogP) is 4.44. The zero-order valence-electron chi connectivity index (χ0n) is 29.1. The van der Waals surface area contributed by atoms with Crippen molar-refractivity contribution in [3.63, 3.8) is 0 Å². The van der Waals surface area contributed by atoms with Crippen molar-refractivity contribution in [3.8, 4) is 5.75 Å². The fourth-order valence-corrected chi connectivity index (χ4v) is 6.97. The molecule has 0 aliphatic carbocycles. The Hall–Kier alpha value is -4.09. The Morgan fingerprint density at radius 3 is 2.59 bits per heavy atom. The van der Waals surface area contributed by atoms with E-state index in [0.717, 1.165) is 11.1 Å². The Morgan fingerprint density at radius 1 is 1.24 bits per heavy atom. The molecule has 276 valence electrons. The predicted molar refractivity (Wildman–Crippen MR) is 186 cm³/mol. The van der Waals surface area contributed by atoms with E-state index in [1.807, 2.05) is 19.9 Å². The second-order valence-electron chi connectivity index (χ2n) is 13.2. The fourth-order valence-electron chi connectivity index (χ4n) is 6.66. The Kier molecular flexibility index (Phi) is 11.4. The number of halogens is 1. The van der Waals surface area contributed by atoms with E-state index in [1.165, 1.54) is 43.4 Å². The van der Waals surface area contributed by atoms with Crippen molar-refractivity contribution >= 4 is 40.7 Å². The minimum Gasteiger partial charge on any atom is -0.495 e. The van der Waals surface area contributed by atoms with Gasteiger partial charge in [-0.2, -0.15) is 0 Å². The van der Waals surface area contributed by atoms with Gasteiger partial charge < -0.3 is 38.8 Å². The van der Waals surface area contributed by atoms with E-state index in [9.17, 15) is 29.9 Å². The average molecular weight is 731 g/mol. The molecule has 5 rings (SSSR count). The van der Waals surface area contributed by atoms with E-state index in [0.29, 0.717) is 17.9 Å². The summed E-state index contributed by atoms with van der Waals surface area (Å²) >= 11 is 6.72. The van der Waals surface area contributed by atoms with Crippen molar-refractivity contribution in [2.24, 2.45) is 5.92 Å². The van der Waals surface area contributed by atoms with Gasteiger partial charge >= 0.3 is 6.09 Å². The first kappa shape index (κ1) is 38.1. The summed E-state index contributed by atoms with van der Waals surface area (Å²) in [7, 11) is 4.48. The summed E-state index contributed by atoms with van der Waals surface area (Å²) in [4.78, 5) is 39.2. The molecule has 8 atom stereocenters. The number of hydrogen-bond donors (Lipinski definition) is 4. The molecule has 0 saturated carbocycles. The number of aliphatic hydroxyl groups is 2. The molecule has 3 aliphatic rings. The van der Waals surface area contributed by atoms with Crippen LogP contribution in [-0.2, 0) is 30.2 Å². The molecule has 0 aromatic heterocycles. The highest BCUT2D eigenvalue weighted by molar-refractivity contribution is 6.35. The summed E-state index contributed by atoms with van der Waals surface area (Å²) in [6.07, 6.45) is -0.512. The van der Waals surface area contributed by atoms with Crippen molar-refractivity contribution in [3.05, 3.63) is 80.9 Å². The summed E-state index contributed by atoms with van der Waals surface area (Å²) in [5, 5.41) is 38.9. The van der Waals surface area contributed by atoms with Crippen molar-refractivity contribution in [2.75, 3.05) is 31.5 Å². The molecular formula is C35H43ClN4O11. The maximum atomic E-state index is 14.0. The third kappa shape index (κ3) is 8.36. The molecule has 51 heavy (non-hydrogen) atoms. The summed E-state index contributed by atoms with van der Waals surface area (Å²) in [5.41, 5.74) is -0.778. The number of non-ortho nitro benzene ring substituents is 1. The molecule has 2 aromatic rings. The van der Waals surface area contributed by atoms with E-state index in [2.05, 4.69) is 10.6 Å². The highest BCUT2D eigenvalue weighted by Crippen LogP contribution is 2.49. The third-order valence-corrected chi connectivity index (χ3v) is 10.0. The van der Waals surface area contributed by atoms with Gasteiger partial charge in [0.2, 0.25) is 12.3 Å². The van der Waals surface area contributed by atoms with Crippen LogP contribution in [0.4, 0.5) is 21.9 Å². The maximum absolute atomic E-state index is 14.0. The lowest BCUT2D eigenvalue weighted by molar-refractivity contribution is -0.384. The molecule has 2 amide bonds. The second kappa shape index (κ2) is 15.3. The van der Waals surface area contributed by atoms with E-state index in [4.69, 9.17) is 35.3 Å². The molecule has 16 heteroatoms. The van der Waals surface area contributed by atoms with Gasteiger partial charge in [-0.1, -0.05) is 42.3 Å². The Labute approximate surface area is 300 Å². The quantitative estimate of drug-likeness (QED) is 0.192. The second-order valence-corrected chi connectivity index (χ2v) is 13.6. The van der Waals surface area contributed by atoms with E-state index < -0.39 is 65.0 Å². The number of nitrogens with zero attached hydrogens (tertiary/aromatic N) is 2. The van der Waals surface area contributed by atoms with Crippen molar-refractivity contribution in [1.29, 1.82) is 0 Å². The number of aliphatic hydroxyl groups excluding tert-OH is 1. The number of nitro groups is 1. The Balaban J connectivity index is 1.52. The van der Waals surface area contributed by atoms with Gasteiger partial charge in [-0.15, -0.1) is 0 Å². The number of anilines is 2. The highest BCUT2D eigenvalue weighted by atomic mass is 35.5. The third-order valence-electron chi connectivity index (χ3n) is 9.62. The van der Waals surface area contributed by atoms with Crippen LogP contribution in [0.3, 0.4) is 0 Å². The van der Waals surface area contributed by atoms with E-state index in [1.54, 1.807) is 38.3 Å². The maximum Gasteiger partial charge on any atom is 0.412 e. The number of nitrogens with one attached hydrogen (secondary N) is 2. The molecule has 15 nitrogen and oxygen atoms in total. The lowest BCUT2D eigenvalue weighted by Crippen LogP contribution is -2.65. The van der Waals surface area contributed by atoms with Crippen molar-refractivity contribution in [2.45, 2.75) is 82.2 Å². The number of rotatable bonds is 5. The van der Waals surface area contributed by atoms with Gasteiger partial charge in [-0.05, 0) is 50.1 Å². The van der Waals surface area contributed by atoms with Gasteiger partial charge in [-0.25, -0.2) is 10.1 Å². The van der Waals surface area contributed by atoms with Crippen LogP contribution in [0, 0.1) is 16.0 Å². The van der Waals surface area contributed by atoms with E-state index >= 15 is 0 Å². The summed E-state index contributed by atoms with van der Waals surface area (Å²) in [6.45, 7) is 5.43. The number of epoxide rings is 1. The molecule has 4 bridgehead atoms. The lowest BCUT2D eigenvalue weighted by atomic mass is 9.83. The van der Waals surface area contributed by atoms with Crippen LogP contribution in [0.5, 0.6) is 5.75 Å². The SMILES string of the molecule is COc1cc2cc(c1Cl)N(C)C(=O)C[C@H](OC(=O)Nc1ccc([N+](=O)[O-])cc1)[C@]1(C)O[C@H]1[C@H](C)[C@@H]1C[C@@](O)(NC(O)O1)[C@H](OC)/C=C/C=C(\C)C2. The normalized spacial score (nSPS) is 32.9. The summed E-state index contributed by atoms with van der Waals surface area (Å²) in [6, 6.07) is 8.74. The molecule has 4 N–H and O–H groups in total. The van der Waals surface area contributed by atoms with Crippen LogP contribution in [0.15, 0.2) is 60.2 Å². The van der Waals surface area contributed by atoms with Crippen LogP contribution in [-0.4, -0.2) is 90.6 Å². The van der Waals surface area contributed by atoms with Crippen LogP contribution in [0.25, 0.3) is 0 Å². The van der Waals surface area contributed by atoms with Gasteiger partial charge in [0.05, 0.1) is 36.3 Å². The topological polar surface area (TPSA) is 194 Å². The van der Waals surface area contributed by atoms with Gasteiger partial charge in [0.15, 0.2) is 5.72 Å². The van der Waals surface area contributed by atoms with Gasteiger partial charge in [0, 0.05) is 44.3 Å². The summed E-state index contributed by atoms with van der Waals surface area (Å²) < 4.78 is 29.1. The Bertz CT molecular complexity index is 1700. The van der Waals surface area contributed by atoms with Crippen LogP contribution < -0.4 is 20.3 Å². The molecule has 0 radical (unpaired) electrons. The number of methoxy groups -OCH3 is 2. The number of benzene rings is 2. The first-order valence-corrected chi connectivity index (χ1v) is 16.7. The van der Waals surface area contributed by atoms with E-state index in [-0.39, 0.29) is 29.2 Å². The minimum atomic E-state index is -1.74. The largest absolute Gasteiger partial charge is 0.495 e. The van der Waals surface area contributed by atoms with Gasteiger partial charge in [-0.3, -0.25) is 20.2 Å².